The number of fused-ring (bicyclic) bond motifs is 7. The highest BCUT2D eigenvalue weighted by molar-refractivity contribution is 5.85. The first-order valence-corrected chi connectivity index (χ1v) is 16.6. The SMILES string of the molecule is C=CC.CC12CCCC1C1CCC3C(C)(CCC4C(C)(C)C(=O)CCC43C)C1CC2.O=CNCCc1ccccn1. The highest BCUT2D eigenvalue weighted by Gasteiger charge is 2.65. The minimum absolute atomic E-state index is 0.0955. The molecule has 5 aliphatic carbocycles. The Morgan fingerprint density at radius 2 is 1.68 bits per heavy atom. The number of aromatic nitrogens is 1. The number of hydrogen-bond acceptors (Lipinski definition) is 3. The fourth-order valence-electron chi connectivity index (χ4n) is 11.2. The lowest BCUT2D eigenvalue weighted by Gasteiger charge is -2.68. The standard InChI is InChI=1S/C26H42O.C8H10N2O.C3H6/c1-23(2)20-11-15-25(4)19-10-14-24(3)13-6-7-18(24)17(19)8-9-21(25)26(20,5)16-12-22(23)27;11-7-9-6-4-8-3-1-2-5-10-8;1-3-2/h17-21H,6-16H2,1-5H3;1-3,5,7H,4,6H2,(H,9,11);3H,1H2,2H3. The van der Waals surface area contributed by atoms with Crippen molar-refractivity contribution in [2.75, 3.05) is 6.54 Å². The Morgan fingerprint density at radius 1 is 0.927 bits per heavy atom. The van der Waals surface area contributed by atoms with Gasteiger partial charge in [0.2, 0.25) is 6.41 Å². The molecule has 1 N–H and O–H groups in total. The molecule has 1 aromatic heterocycles. The molecule has 41 heavy (non-hydrogen) atoms. The van der Waals surface area contributed by atoms with Gasteiger partial charge in [-0.1, -0.05) is 53.2 Å². The van der Waals surface area contributed by atoms with Crippen molar-refractivity contribution >= 4 is 12.2 Å². The van der Waals surface area contributed by atoms with Crippen LogP contribution in [0.4, 0.5) is 0 Å². The van der Waals surface area contributed by atoms with Crippen LogP contribution in [0.2, 0.25) is 0 Å². The van der Waals surface area contributed by atoms with Crippen LogP contribution in [0, 0.1) is 51.2 Å². The van der Waals surface area contributed by atoms with Gasteiger partial charge in [-0.3, -0.25) is 14.6 Å². The summed E-state index contributed by atoms with van der Waals surface area (Å²) in [7, 11) is 0. The summed E-state index contributed by atoms with van der Waals surface area (Å²) in [5.74, 6) is 4.99. The Balaban J connectivity index is 0.000000232. The topological polar surface area (TPSA) is 59.1 Å². The van der Waals surface area contributed by atoms with E-state index in [0.29, 0.717) is 40.9 Å². The van der Waals surface area contributed by atoms with E-state index in [0.717, 1.165) is 42.2 Å². The van der Waals surface area contributed by atoms with Crippen molar-refractivity contribution in [3.63, 3.8) is 0 Å². The monoisotopic (exact) mass is 562 g/mol. The van der Waals surface area contributed by atoms with Crippen molar-refractivity contribution in [1.82, 2.24) is 10.3 Å². The third-order valence-corrected chi connectivity index (χ3v) is 13.0. The summed E-state index contributed by atoms with van der Waals surface area (Å²) >= 11 is 0. The highest BCUT2D eigenvalue weighted by Crippen LogP contribution is 2.72. The summed E-state index contributed by atoms with van der Waals surface area (Å²) in [6.45, 7) is 18.4. The maximum Gasteiger partial charge on any atom is 0.207 e. The smallest absolute Gasteiger partial charge is 0.207 e. The van der Waals surface area contributed by atoms with Gasteiger partial charge >= 0.3 is 0 Å². The predicted octanol–water partition coefficient (Wildman–Crippen LogP) is 8.60. The van der Waals surface area contributed by atoms with Crippen LogP contribution in [0.25, 0.3) is 0 Å². The number of amides is 1. The van der Waals surface area contributed by atoms with Crippen molar-refractivity contribution < 1.29 is 9.59 Å². The molecule has 1 heterocycles. The molecule has 6 rings (SSSR count). The van der Waals surface area contributed by atoms with E-state index >= 15 is 0 Å². The van der Waals surface area contributed by atoms with E-state index in [2.05, 4.69) is 51.5 Å². The van der Waals surface area contributed by atoms with Crippen molar-refractivity contribution in [1.29, 1.82) is 0 Å². The highest BCUT2D eigenvalue weighted by atomic mass is 16.1. The lowest BCUT2D eigenvalue weighted by molar-refractivity contribution is -0.195. The summed E-state index contributed by atoms with van der Waals surface area (Å²) in [6.07, 6.45) is 20.1. The number of Topliss-reactive ketones (excluding diaryl/α,β-unsaturated/α-hetero) is 1. The van der Waals surface area contributed by atoms with E-state index in [-0.39, 0.29) is 5.41 Å². The molecular weight excluding hydrogens is 504 g/mol. The second-order valence-electron chi connectivity index (χ2n) is 15.4. The van der Waals surface area contributed by atoms with E-state index in [9.17, 15) is 9.59 Å². The summed E-state index contributed by atoms with van der Waals surface area (Å²) in [5, 5.41) is 2.58. The molecule has 228 valence electrons. The molecule has 0 spiro atoms. The summed E-state index contributed by atoms with van der Waals surface area (Å²) in [6, 6.07) is 5.74. The van der Waals surface area contributed by atoms with Gasteiger partial charge in [0.25, 0.3) is 0 Å². The molecule has 4 nitrogen and oxygen atoms in total. The van der Waals surface area contributed by atoms with Crippen LogP contribution < -0.4 is 5.32 Å². The van der Waals surface area contributed by atoms with Gasteiger partial charge in [0.05, 0.1) is 0 Å². The third-order valence-electron chi connectivity index (χ3n) is 13.0. The predicted molar refractivity (Wildman–Crippen MR) is 169 cm³/mol. The second-order valence-corrected chi connectivity index (χ2v) is 15.4. The van der Waals surface area contributed by atoms with Gasteiger partial charge in [0.15, 0.2) is 0 Å². The van der Waals surface area contributed by atoms with E-state index in [1.807, 2.05) is 25.1 Å². The first kappa shape index (κ1) is 32.0. The van der Waals surface area contributed by atoms with Crippen molar-refractivity contribution in [3.05, 3.63) is 42.7 Å². The minimum Gasteiger partial charge on any atom is -0.358 e. The third kappa shape index (κ3) is 5.96. The molecule has 0 radical (unpaired) electrons. The van der Waals surface area contributed by atoms with Crippen LogP contribution >= 0.6 is 0 Å². The number of nitrogens with zero attached hydrogens (tertiary/aromatic N) is 1. The average Bonchev–Trinajstić information content (AvgIpc) is 3.34. The lowest BCUT2D eigenvalue weighted by atomic mass is 9.36. The Kier molecular flexibility index (Phi) is 9.91. The largest absolute Gasteiger partial charge is 0.358 e. The van der Waals surface area contributed by atoms with Gasteiger partial charge in [-0.15, -0.1) is 6.58 Å². The fourth-order valence-corrected chi connectivity index (χ4v) is 11.2. The molecule has 0 aromatic carbocycles. The number of allylic oxidation sites excluding steroid dienone is 1. The molecule has 1 amide bonds. The van der Waals surface area contributed by atoms with Crippen molar-refractivity contribution in [2.24, 2.45) is 51.2 Å². The normalized spacial score (nSPS) is 40.0. The molecule has 0 aliphatic heterocycles. The van der Waals surface area contributed by atoms with Crippen LogP contribution in [0.5, 0.6) is 0 Å². The Morgan fingerprint density at radius 3 is 2.37 bits per heavy atom. The number of nitrogens with one attached hydrogen (secondary N) is 1. The minimum atomic E-state index is -0.0955. The molecule has 0 saturated heterocycles. The van der Waals surface area contributed by atoms with Gasteiger partial charge in [0.1, 0.15) is 5.78 Å². The summed E-state index contributed by atoms with van der Waals surface area (Å²) in [5.41, 5.74) is 2.51. The van der Waals surface area contributed by atoms with Crippen LogP contribution in [-0.2, 0) is 16.0 Å². The van der Waals surface area contributed by atoms with Crippen molar-refractivity contribution in [3.8, 4) is 0 Å². The molecule has 8 unspecified atom stereocenters. The van der Waals surface area contributed by atoms with Crippen LogP contribution in [0.3, 0.4) is 0 Å². The second kappa shape index (κ2) is 12.7. The fraction of sp³-hybridized carbons (Fsp3) is 0.757. The van der Waals surface area contributed by atoms with Crippen LogP contribution in [0.15, 0.2) is 37.1 Å². The van der Waals surface area contributed by atoms with Gasteiger partial charge in [0, 0.05) is 36.7 Å². The maximum absolute atomic E-state index is 12.7. The zero-order valence-corrected chi connectivity index (χ0v) is 27.0. The molecule has 8 atom stereocenters. The van der Waals surface area contributed by atoms with Gasteiger partial charge in [-0.25, -0.2) is 0 Å². The Labute approximate surface area is 250 Å². The first-order valence-electron chi connectivity index (χ1n) is 16.6. The van der Waals surface area contributed by atoms with E-state index in [4.69, 9.17) is 0 Å². The number of pyridine rings is 1. The summed E-state index contributed by atoms with van der Waals surface area (Å²) in [4.78, 5) is 26.7. The molecule has 0 bridgehead atoms. The molecule has 1 aromatic rings. The number of carbonyl (C=O) groups is 2. The van der Waals surface area contributed by atoms with Gasteiger partial charge in [-0.05, 0) is 123 Å². The van der Waals surface area contributed by atoms with Crippen LogP contribution in [0.1, 0.15) is 118 Å². The van der Waals surface area contributed by atoms with Crippen LogP contribution in [-0.4, -0.2) is 23.7 Å². The number of ketones is 1. The first-order chi connectivity index (χ1) is 19.5. The van der Waals surface area contributed by atoms with E-state index in [1.165, 1.54) is 64.2 Å². The molecule has 4 heteroatoms. The van der Waals surface area contributed by atoms with Gasteiger partial charge in [-0.2, -0.15) is 0 Å². The molecule has 5 saturated carbocycles. The number of rotatable bonds is 4. The molecule has 5 fully saturated rings. The quantitative estimate of drug-likeness (QED) is 0.227. The van der Waals surface area contributed by atoms with E-state index < -0.39 is 0 Å². The average molecular weight is 563 g/mol. The zero-order valence-electron chi connectivity index (χ0n) is 27.0. The Hall–Kier alpha value is -1.97. The lowest BCUT2D eigenvalue weighted by Crippen LogP contribution is -2.62. The zero-order chi connectivity index (χ0) is 29.9. The number of carbonyl (C=O) groups excluding carboxylic acids is 2. The number of hydrogen-bond donors (Lipinski definition) is 1. The Bertz CT molecular complexity index is 1050. The molecular formula is C37H58N2O2. The maximum atomic E-state index is 12.7. The summed E-state index contributed by atoms with van der Waals surface area (Å²) < 4.78 is 0. The molecule has 5 aliphatic rings. The van der Waals surface area contributed by atoms with E-state index in [1.54, 1.807) is 12.3 Å². The van der Waals surface area contributed by atoms with Gasteiger partial charge < -0.3 is 5.32 Å². The van der Waals surface area contributed by atoms with Crippen molar-refractivity contribution in [2.45, 2.75) is 119 Å².